The number of hydrogen-bond donors (Lipinski definition) is 4. The molecule has 1 aliphatic carbocycles. The molecule has 64 heavy (non-hydrogen) atoms. The fourth-order valence-corrected chi connectivity index (χ4v) is 9.26. The van der Waals surface area contributed by atoms with Crippen LogP contribution in [0.3, 0.4) is 0 Å². The summed E-state index contributed by atoms with van der Waals surface area (Å²) in [5.74, 6) is 0.551. The van der Waals surface area contributed by atoms with Crippen LogP contribution in [0.2, 0.25) is 0 Å². The van der Waals surface area contributed by atoms with Gasteiger partial charge in [-0.2, -0.15) is 10.2 Å². The zero-order valence-electron chi connectivity index (χ0n) is 37.0. The Morgan fingerprint density at radius 1 is 0.547 bits per heavy atom. The molecular weight excluding hydrogens is 797 g/mol. The molecule has 4 N–H and O–H groups in total. The third kappa shape index (κ3) is 9.58. The molecule has 0 unspecified atom stereocenters. The number of carbonyl (C=O) groups excluding carboxylic acids is 1. The van der Waals surface area contributed by atoms with Crippen LogP contribution in [0.1, 0.15) is 89.5 Å². The molecular formula is C53H58N8O3. The maximum absolute atomic E-state index is 11.4. The molecule has 328 valence electrons. The number of carbonyl (C=O) groups is 1. The molecule has 0 radical (unpaired) electrons. The number of esters is 1. The molecule has 2 aliphatic heterocycles. The molecule has 9 rings (SSSR count). The molecule has 0 bridgehead atoms. The van der Waals surface area contributed by atoms with Crippen molar-refractivity contribution >= 4 is 73.0 Å². The van der Waals surface area contributed by atoms with E-state index in [2.05, 4.69) is 123 Å². The summed E-state index contributed by atoms with van der Waals surface area (Å²) in [6, 6.07) is 37.2. The second kappa shape index (κ2) is 18.9. The number of unbranched alkanes of at least 4 members (excludes halogenated alkanes) is 7. The van der Waals surface area contributed by atoms with Crippen LogP contribution in [-0.2, 0) is 9.53 Å². The predicted octanol–water partition coefficient (Wildman–Crippen LogP) is 15.1. The van der Waals surface area contributed by atoms with E-state index in [1.54, 1.807) is 6.92 Å². The van der Waals surface area contributed by atoms with E-state index in [0.29, 0.717) is 18.8 Å². The summed E-state index contributed by atoms with van der Waals surface area (Å²) in [6.07, 6.45) is 12.6. The number of nitrogens with zero attached hydrogens (tertiary/aromatic N) is 4. The quantitative estimate of drug-likeness (QED) is 0.0311. The zero-order chi connectivity index (χ0) is 43.9. The Labute approximate surface area is 375 Å². The van der Waals surface area contributed by atoms with E-state index in [-0.39, 0.29) is 17.3 Å². The van der Waals surface area contributed by atoms with Gasteiger partial charge in [0.25, 0.3) is 0 Å². The van der Waals surface area contributed by atoms with Gasteiger partial charge in [0.1, 0.15) is 17.1 Å². The highest BCUT2D eigenvalue weighted by molar-refractivity contribution is 6.11. The van der Waals surface area contributed by atoms with Crippen molar-refractivity contribution in [1.82, 2.24) is 0 Å². The number of aryl methyl sites for hydroxylation is 1. The highest BCUT2D eigenvalue weighted by Gasteiger charge is 2.46. The third-order valence-corrected chi connectivity index (χ3v) is 12.8. The van der Waals surface area contributed by atoms with Gasteiger partial charge < -0.3 is 30.7 Å². The summed E-state index contributed by atoms with van der Waals surface area (Å²) >= 11 is 0. The number of anilines is 4. The Bertz CT molecular complexity index is 2670. The minimum Gasteiger partial charge on any atom is -0.494 e. The minimum absolute atomic E-state index is 0.268. The van der Waals surface area contributed by atoms with Crippen molar-refractivity contribution in [2.24, 2.45) is 20.5 Å². The van der Waals surface area contributed by atoms with Gasteiger partial charge in [0.2, 0.25) is 0 Å². The maximum Gasteiger partial charge on any atom is 0.333 e. The van der Waals surface area contributed by atoms with Crippen molar-refractivity contribution in [2.75, 3.05) is 34.5 Å². The van der Waals surface area contributed by atoms with E-state index in [1.165, 1.54) is 31.2 Å². The van der Waals surface area contributed by atoms with Gasteiger partial charge in [0, 0.05) is 49.9 Å². The van der Waals surface area contributed by atoms with Crippen LogP contribution in [0.4, 0.5) is 45.5 Å². The van der Waals surface area contributed by atoms with Crippen LogP contribution >= 0.6 is 0 Å². The normalized spacial score (nSPS) is 18.5. The number of benzene rings is 6. The van der Waals surface area contributed by atoms with Crippen molar-refractivity contribution in [3.63, 3.8) is 0 Å². The summed E-state index contributed by atoms with van der Waals surface area (Å²) in [5, 5.41) is 38.7. The average Bonchev–Trinajstić information content (AvgIpc) is 3.31. The predicted molar refractivity (Wildman–Crippen MR) is 260 cm³/mol. The van der Waals surface area contributed by atoms with Crippen molar-refractivity contribution in [3.8, 4) is 5.75 Å². The van der Waals surface area contributed by atoms with Gasteiger partial charge in [-0.05, 0) is 125 Å². The Morgan fingerprint density at radius 2 is 0.984 bits per heavy atom. The van der Waals surface area contributed by atoms with Gasteiger partial charge in [0.05, 0.1) is 36.0 Å². The van der Waals surface area contributed by atoms with E-state index >= 15 is 0 Å². The number of ether oxygens (including phenoxy) is 2. The molecule has 0 aromatic heterocycles. The largest absolute Gasteiger partial charge is 0.494 e. The van der Waals surface area contributed by atoms with Crippen LogP contribution in [0.25, 0.3) is 21.5 Å². The molecule has 0 saturated heterocycles. The van der Waals surface area contributed by atoms with Crippen molar-refractivity contribution in [2.45, 2.75) is 102 Å². The molecule has 3 aliphatic rings. The molecule has 11 heteroatoms. The Balaban J connectivity index is 0.760. The zero-order valence-corrected chi connectivity index (χ0v) is 37.0. The lowest BCUT2D eigenvalue weighted by molar-refractivity contribution is -0.139. The lowest BCUT2D eigenvalue weighted by Crippen LogP contribution is -2.59. The van der Waals surface area contributed by atoms with Crippen LogP contribution in [0.15, 0.2) is 142 Å². The first-order chi connectivity index (χ1) is 31.3. The van der Waals surface area contributed by atoms with Crippen molar-refractivity contribution in [1.29, 1.82) is 0 Å². The molecule has 1 fully saturated rings. The van der Waals surface area contributed by atoms with Crippen LogP contribution in [-0.4, -0.2) is 30.5 Å². The van der Waals surface area contributed by atoms with Gasteiger partial charge in [0.15, 0.2) is 0 Å². The van der Waals surface area contributed by atoms with Crippen LogP contribution in [0.5, 0.6) is 5.75 Å². The molecule has 1 saturated carbocycles. The summed E-state index contributed by atoms with van der Waals surface area (Å²) in [7, 11) is 0. The van der Waals surface area contributed by atoms with E-state index in [1.807, 2.05) is 36.4 Å². The Kier molecular flexibility index (Phi) is 12.6. The van der Waals surface area contributed by atoms with Crippen molar-refractivity contribution < 1.29 is 14.3 Å². The van der Waals surface area contributed by atoms with Crippen LogP contribution < -0.4 is 26.0 Å². The topological polar surface area (TPSA) is 133 Å². The summed E-state index contributed by atoms with van der Waals surface area (Å²) in [6.45, 7) is 8.54. The highest BCUT2D eigenvalue weighted by Crippen LogP contribution is 2.50. The first-order valence-corrected chi connectivity index (χ1v) is 23.0. The van der Waals surface area contributed by atoms with Gasteiger partial charge in [-0.15, -0.1) is 10.2 Å². The molecule has 6 aromatic rings. The fraction of sp³-hybridized carbons (Fsp3) is 0.340. The number of nitrogens with one attached hydrogen (secondary N) is 4. The molecule has 0 atom stereocenters. The second-order valence-electron chi connectivity index (χ2n) is 17.7. The molecule has 2 heterocycles. The highest BCUT2D eigenvalue weighted by atomic mass is 16.5. The lowest BCUT2D eigenvalue weighted by Gasteiger charge is -2.52. The second-order valence-corrected chi connectivity index (χ2v) is 17.7. The molecule has 0 amide bonds. The lowest BCUT2D eigenvalue weighted by atomic mass is 9.78. The molecule has 2 spiro atoms. The molecule has 6 aromatic carbocycles. The number of azo groups is 2. The monoisotopic (exact) mass is 854 g/mol. The Morgan fingerprint density at radius 3 is 1.47 bits per heavy atom. The summed E-state index contributed by atoms with van der Waals surface area (Å²) < 4.78 is 11.2. The molecule has 11 nitrogen and oxygen atoms in total. The smallest absolute Gasteiger partial charge is 0.333 e. The standard InChI is InChI=1S/C53H58N8O3/c1-36(2)51(62)64-35-11-9-7-5-4-6-8-10-34-63-40-24-22-39(23-25-40)59-61-44-27-29-48-50-42(44)15-13-17-46(50)55-53(57-48)32-30-52(31-33-53)54-45-16-12-14-41-43(26-28-47(56-52)49(41)45)60-58-38-20-18-37(3)19-21-38/h12-29,54-57H,1,4-11,30-35H2,2-3H3. The van der Waals surface area contributed by atoms with Crippen LogP contribution in [0, 0.1) is 6.92 Å². The third-order valence-electron chi connectivity index (χ3n) is 12.8. The number of rotatable bonds is 17. The van der Waals surface area contributed by atoms with E-state index in [9.17, 15) is 4.79 Å². The van der Waals surface area contributed by atoms with E-state index in [0.717, 1.165) is 124 Å². The number of hydrogen-bond acceptors (Lipinski definition) is 11. The fourth-order valence-electron chi connectivity index (χ4n) is 9.26. The summed E-state index contributed by atoms with van der Waals surface area (Å²) in [4.78, 5) is 11.4. The van der Waals surface area contributed by atoms with Gasteiger partial charge in [-0.3, -0.25) is 0 Å². The summed E-state index contributed by atoms with van der Waals surface area (Å²) in [5.41, 5.74) is 8.89. The van der Waals surface area contributed by atoms with Gasteiger partial charge >= 0.3 is 5.97 Å². The first kappa shape index (κ1) is 42.5. The Hall–Kier alpha value is -6.75. The van der Waals surface area contributed by atoms with E-state index < -0.39 is 0 Å². The maximum atomic E-state index is 11.4. The van der Waals surface area contributed by atoms with Crippen molar-refractivity contribution in [3.05, 3.63) is 127 Å². The minimum atomic E-state index is -0.293. The SMILES string of the molecule is C=C(C)C(=O)OCCCCCCCCCCOc1ccc(N=Nc2ccc3c4c(cccc24)NC2(CCC4(CC2)Nc2cccc5c(N=Nc6ccc(C)cc6)ccc(c25)N4)N3)cc1. The van der Waals surface area contributed by atoms with Gasteiger partial charge in [-0.1, -0.05) is 87.1 Å². The van der Waals surface area contributed by atoms with Gasteiger partial charge in [-0.25, -0.2) is 4.79 Å². The average molecular weight is 855 g/mol. The first-order valence-electron chi connectivity index (χ1n) is 23.0. The van der Waals surface area contributed by atoms with E-state index in [4.69, 9.17) is 14.6 Å².